The van der Waals surface area contributed by atoms with Crippen molar-refractivity contribution in [2.75, 3.05) is 24.7 Å². The largest absolute Gasteiger partial charge is 0.381 e. The van der Waals surface area contributed by atoms with Crippen molar-refractivity contribution in [3.05, 3.63) is 46.7 Å². The van der Waals surface area contributed by atoms with E-state index in [1.54, 1.807) is 12.4 Å². The Morgan fingerprint density at radius 2 is 2.11 bits per heavy atom. The molecular weight excluding hydrogens is 340 g/mol. The van der Waals surface area contributed by atoms with Crippen molar-refractivity contribution in [1.82, 2.24) is 15.0 Å². The monoisotopic (exact) mass is 366 g/mol. The first-order valence-electron chi connectivity index (χ1n) is 9.79. The SMILES string of the molecule is Cc1cncc(CC(=O)c2cc(N3CCC[C@@H]3C)nc3c2CCOCC3)n1. The van der Waals surface area contributed by atoms with Gasteiger partial charge in [0, 0.05) is 42.7 Å². The molecule has 0 spiro atoms. The first-order valence-corrected chi connectivity index (χ1v) is 9.79. The number of nitrogens with zero attached hydrogens (tertiary/aromatic N) is 4. The first-order chi connectivity index (χ1) is 13.1. The fourth-order valence-corrected chi connectivity index (χ4v) is 4.07. The molecule has 0 aromatic carbocycles. The molecule has 0 unspecified atom stereocenters. The van der Waals surface area contributed by atoms with E-state index in [-0.39, 0.29) is 12.2 Å². The van der Waals surface area contributed by atoms with Gasteiger partial charge in [0.2, 0.25) is 0 Å². The van der Waals surface area contributed by atoms with Gasteiger partial charge in [-0.1, -0.05) is 0 Å². The van der Waals surface area contributed by atoms with Crippen molar-refractivity contribution >= 4 is 11.6 Å². The van der Waals surface area contributed by atoms with E-state index in [0.717, 1.165) is 47.7 Å². The average Bonchev–Trinajstić information content (AvgIpc) is 2.93. The maximum atomic E-state index is 13.2. The molecule has 0 radical (unpaired) electrons. The van der Waals surface area contributed by atoms with Crippen molar-refractivity contribution < 1.29 is 9.53 Å². The number of Topliss-reactive ketones (excluding diaryl/α,β-unsaturated/α-hetero) is 1. The molecule has 0 amide bonds. The summed E-state index contributed by atoms with van der Waals surface area (Å²) >= 11 is 0. The van der Waals surface area contributed by atoms with E-state index in [4.69, 9.17) is 9.72 Å². The summed E-state index contributed by atoms with van der Waals surface area (Å²) < 4.78 is 5.64. The molecule has 2 aromatic rings. The van der Waals surface area contributed by atoms with E-state index in [0.29, 0.717) is 24.9 Å². The molecular formula is C21H26N4O2. The molecule has 0 bridgehead atoms. The fraction of sp³-hybridized carbons (Fsp3) is 0.524. The predicted molar refractivity (Wildman–Crippen MR) is 103 cm³/mol. The molecule has 1 saturated heterocycles. The maximum Gasteiger partial charge on any atom is 0.169 e. The molecule has 6 heteroatoms. The lowest BCUT2D eigenvalue weighted by Gasteiger charge is -2.25. The smallest absolute Gasteiger partial charge is 0.169 e. The third-order valence-corrected chi connectivity index (χ3v) is 5.47. The van der Waals surface area contributed by atoms with E-state index < -0.39 is 0 Å². The van der Waals surface area contributed by atoms with Crippen LogP contribution >= 0.6 is 0 Å². The number of anilines is 1. The molecule has 0 N–H and O–H groups in total. The summed E-state index contributed by atoms with van der Waals surface area (Å²) in [6.45, 7) is 6.42. The molecule has 2 aliphatic heterocycles. The highest BCUT2D eigenvalue weighted by Crippen LogP contribution is 2.29. The zero-order valence-corrected chi connectivity index (χ0v) is 16.1. The number of aryl methyl sites for hydroxylation is 1. The van der Waals surface area contributed by atoms with Gasteiger partial charge < -0.3 is 9.64 Å². The van der Waals surface area contributed by atoms with Gasteiger partial charge in [-0.3, -0.25) is 14.8 Å². The quantitative estimate of drug-likeness (QED) is 0.775. The van der Waals surface area contributed by atoms with Crippen LogP contribution in [-0.4, -0.2) is 46.5 Å². The molecule has 0 saturated carbocycles. The maximum absolute atomic E-state index is 13.2. The Bertz CT molecular complexity index is 852. The molecule has 1 atom stereocenters. The minimum Gasteiger partial charge on any atom is -0.381 e. The van der Waals surface area contributed by atoms with Crippen LogP contribution in [0.1, 0.15) is 52.8 Å². The third-order valence-electron chi connectivity index (χ3n) is 5.47. The van der Waals surface area contributed by atoms with Gasteiger partial charge in [-0.25, -0.2) is 4.98 Å². The number of hydrogen-bond donors (Lipinski definition) is 0. The molecule has 0 aliphatic carbocycles. The lowest BCUT2D eigenvalue weighted by atomic mass is 9.96. The van der Waals surface area contributed by atoms with Crippen molar-refractivity contribution in [3.8, 4) is 0 Å². The number of pyridine rings is 1. The van der Waals surface area contributed by atoms with E-state index in [1.165, 1.54) is 12.8 Å². The second-order valence-corrected chi connectivity index (χ2v) is 7.50. The number of ether oxygens (including phenoxy) is 1. The van der Waals surface area contributed by atoms with Gasteiger partial charge in [0.1, 0.15) is 5.82 Å². The van der Waals surface area contributed by atoms with E-state index in [9.17, 15) is 4.79 Å². The Morgan fingerprint density at radius 1 is 1.26 bits per heavy atom. The van der Waals surface area contributed by atoms with Gasteiger partial charge in [-0.2, -0.15) is 0 Å². The van der Waals surface area contributed by atoms with Crippen LogP contribution in [0.15, 0.2) is 18.5 Å². The van der Waals surface area contributed by atoms with E-state index in [2.05, 4.69) is 21.8 Å². The lowest BCUT2D eigenvalue weighted by molar-refractivity contribution is 0.0990. The van der Waals surface area contributed by atoms with Gasteiger partial charge in [-0.05, 0) is 44.7 Å². The fourth-order valence-electron chi connectivity index (χ4n) is 4.07. The zero-order valence-electron chi connectivity index (χ0n) is 16.1. The highest BCUT2D eigenvalue weighted by Gasteiger charge is 2.26. The van der Waals surface area contributed by atoms with Crippen LogP contribution in [0.4, 0.5) is 5.82 Å². The summed E-state index contributed by atoms with van der Waals surface area (Å²) in [5.74, 6) is 1.02. The summed E-state index contributed by atoms with van der Waals surface area (Å²) in [4.78, 5) is 29.1. The Balaban J connectivity index is 1.71. The molecule has 2 aromatic heterocycles. The summed E-state index contributed by atoms with van der Waals surface area (Å²) in [5.41, 5.74) is 4.39. The number of fused-ring (bicyclic) bond motifs is 1. The molecule has 6 nitrogen and oxygen atoms in total. The molecule has 1 fully saturated rings. The van der Waals surface area contributed by atoms with E-state index >= 15 is 0 Å². The van der Waals surface area contributed by atoms with Crippen LogP contribution in [0, 0.1) is 6.92 Å². The van der Waals surface area contributed by atoms with Crippen LogP contribution in [0.3, 0.4) is 0 Å². The number of ketones is 1. The minimum absolute atomic E-state index is 0.0866. The second kappa shape index (κ2) is 7.72. The van der Waals surface area contributed by atoms with E-state index in [1.807, 2.05) is 13.0 Å². The Kier molecular flexibility index (Phi) is 5.16. The summed E-state index contributed by atoms with van der Waals surface area (Å²) in [5, 5.41) is 0. The van der Waals surface area contributed by atoms with Crippen molar-refractivity contribution in [1.29, 1.82) is 0 Å². The second-order valence-electron chi connectivity index (χ2n) is 7.50. The number of carbonyl (C=O) groups is 1. The van der Waals surface area contributed by atoms with Crippen LogP contribution in [0.25, 0.3) is 0 Å². The Hall–Kier alpha value is -2.34. The summed E-state index contributed by atoms with van der Waals surface area (Å²) in [6, 6.07) is 2.46. The minimum atomic E-state index is 0.0866. The Labute approximate surface area is 160 Å². The first kappa shape index (κ1) is 18.0. The van der Waals surface area contributed by atoms with Gasteiger partial charge in [0.25, 0.3) is 0 Å². The third kappa shape index (κ3) is 3.86. The van der Waals surface area contributed by atoms with Crippen molar-refractivity contribution in [3.63, 3.8) is 0 Å². The average molecular weight is 366 g/mol. The molecule has 4 heterocycles. The van der Waals surface area contributed by atoms with Crippen LogP contribution in [0.2, 0.25) is 0 Å². The van der Waals surface area contributed by atoms with Crippen molar-refractivity contribution in [2.45, 2.75) is 52.0 Å². The number of hydrogen-bond acceptors (Lipinski definition) is 6. The standard InChI is InChI=1S/C21H26N4O2/c1-14-12-22-13-16(23-14)10-20(26)18-11-21(25-7-3-4-15(25)2)24-19-6-9-27-8-5-17(18)19/h11-13,15H,3-10H2,1-2H3/t15-/m0/s1. The van der Waals surface area contributed by atoms with Gasteiger partial charge in [0.05, 0.1) is 31.0 Å². The normalized spacial score (nSPS) is 19.6. The predicted octanol–water partition coefficient (Wildman–Crippen LogP) is 2.71. The van der Waals surface area contributed by atoms with Gasteiger partial charge in [0.15, 0.2) is 5.78 Å². The molecule has 2 aliphatic rings. The van der Waals surface area contributed by atoms with Crippen LogP contribution in [-0.2, 0) is 24.0 Å². The topological polar surface area (TPSA) is 68.2 Å². The Morgan fingerprint density at radius 3 is 2.89 bits per heavy atom. The lowest BCUT2D eigenvalue weighted by Crippen LogP contribution is -2.28. The highest BCUT2D eigenvalue weighted by atomic mass is 16.5. The van der Waals surface area contributed by atoms with Crippen LogP contribution < -0.4 is 4.90 Å². The molecule has 4 rings (SSSR count). The number of rotatable bonds is 4. The highest BCUT2D eigenvalue weighted by molar-refractivity contribution is 5.99. The summed E-state index contributed by atoms with van der Waals surface area (Å²) in [6.07, 6.45) is 7.48. The van der Waals surface area contributed by atoms with Gasteiger partial charge >= 0.3 is 0 Å². The molecule has 27 heavy (non-hydrogen) atoms. The zero-order chi connectivity index (χ0) is 18.8. The summed E-state index contributed by atoms with van der Waals surface area (Å²) in [7, 11) is 0. The molecule has 142 valence electrons. The van der Waals surface area contributed by atoms with Gasteiger partial charge in [-0.15, -0.1) is 0 Å². The van der Waals surface area contributed by atoms with Crippen LogP contribution in [0.5, 0.6) is 0 Å². The number of carbonyl (C=O) groups excluding carboxylic acids is 1. The number of aromatic nitrogens is 3. The van der Waals surface area contributed by atoms with Crippen molar-refractivity contribution in [2.24, 2.45) is 0 Å².